The largest absolute Gasteiger partial charge is 0.392 e. The van der Waals surface area contributed by atoms with Gasteiger partial charge in [-0.25, -0.2) is 0 Å². The van der Waals surface area contributed by atoms with Gasteiger partial charge in [0.15, 0.2) is 0 Å². The fraction of sp³-hybridized carbons (Fsp3) is 0.833. The monoisotopic (exact) mass is 240 g/mol. The maximum atomic E-state index is 9.81. The third-order valence-corrected chi connectivity index (χ3v) is 3.62. The molecule has 1 heterocycles. The highest BCUT2D eigenvalue weighted by atomic mass is 16.5. The van der Waals surface area contributed by atoms with E-state index in [1.165, 1.54) is 0 Å². The van der Waals surface area contributed by atoms with Crippen LogP contribution in [0.25, 0.3) is 0 Å². The Morgan fingerprint density at radius 3 is 2.82 bits per heavy atom. The van der Waals surface area contributed by atoms with Crippen LogP contribution >= 0.6 is 0 Å². The molecule has 5 nitrogen and oxygen atoms in total. The van der Waals surface area contributed by atoms with Crippen molar-refractivity contribution < 1.29 is 14.4 Å². The van der Waals surface area contributed by atoms with Gasteiger partial charge in [0.1, 0.15) is 5.60 Å². The Morgan fingerprint density at radius 1 is 1.59 bits per heavy atom. The van der Waals surface area contributed by atoms with Gasteiger partial charge in [0.2, 0.25) is 11.7 Å². The molecule has 0 aliphatic heterocycles. The Bertz CT molecular complexity index is 370. The van der Waals surface area contributed by atoms with Gasteiger partial charge in [0.25, 0.3) is 0 Å². The molecule has 2 atom stereocenters. The molecule has 1 N–H and O–H groups in total. The van der Waals surface area contributed by atoms with Crippen molar-refractivity contribution >= 4 is 0 Å². The summed E-state index contributed by atoms with van der Waals surface area (Å²) in [4.78, 5) is 4.31. The number of methoxy groups -OCH3 is 1. The molecule has 0 amide bonds. The van der Waals surface area contributed by atoms with E-state index >= 15 is 0 Å². The molecule has 2 unspecified atom stereocenters. The molecule has 1 saturated carbocycles. The van der Waals surface area contributed by atoms with Crippen molar-refractivity contribution in [3.63, 3.8) is 0 Å². The van der Waals surface area contributed by atoms with E-state index in [4.69, 9.17) is 9.26 Å². The van der Waals surface area contributed by atoms with Gasteiger partial charge < -0.3 is 14.4 Å². The van der Waals surface area contributed by atoms with Crippen LogP contribution in [0.15, 0.2) is 4.52 Å². The number of aliphatic hydroxyl groups is 1. The summed E-state index contributed by atoms with van der Waals surface area (Å²) in [5, 5.41) is 13.8. The zero-order valence-corrected chi connectivity index (χ0v) is 10.6. The molecule has 0 bridgehead atoms. The van der Waals surface area contributed by atoms with Crippen molar-refractivity contribution in [2.24, 2.45) is 5.92 Å². The number of ether oxygens (including phenoxy) is 1. The maximum Gasteiger partial charge on any atom is 0.229 e. The van der Waals surface area contributed by atoms with Crippen LogP contribution in [0.1, 0.15) is 44.8 Å². The van der Waals surface area contributed by atoms with E-state index in [1.54, 1.807) is 7.11 Å². The summed E-state index contributed by atoms with van der Waals surface area (Å²) < 4.78 is 10.6. The SMILES string of the molecule is CCC(C)(OC)c1noc(CC(O)C2CC2)n1. The highest BCUT2D eigenvalue weighted by Crippen LogP contribution is 2.34. The molecule has 1 fully saturated rings. The van der Waals surface area contributed by atoms with Crippen LogP contribution in [-0.4, -0.2) is 28.5 Å². The first-order valence-corrected chi connectivity index (χ1v) is 6.15. The van der Waals surface area contributed by atoms with Gasteiger partial charge in [-0.15, -0.1) is 0 Å². The fourth-order valence-corrected chi connectivity index (χ4v) is 1.77. The van der Waals surface area contributed by atoms with E-state index in [2.05, 4.69) is 10.1 Å². The second kappa shape index (κ2) is 4.74. The summed E-state index contributed by atoms with van der Waals surface area (Å²) in [6, 6.07) is 0. The molecule has 5 heteroatoms. The molecule has 0 radical (unpaired) electrons. The Hall–Kier alpha value is -0.940. The number of nitrogens with zero attached hydrogens (tertiary/aromatic N) is 2. The molecule has 0 aromatic carbocycles. The second-order valence-corrected chi connectivity index (χ2v) is 4.91. The second-order valence-electron chi connectivity index (χ2n) is 4.91. The summed E-state index contributed by atoms with van der Waals surface area (Å²) in [6.07, 6.45) is 3.08. The van der Waals surface area contributed by atoms with E-state index in [-0.39, 0.29) is 6.10 Å². The third-order valence-electron chi connectivity index (χ3n) is 3.62. The van der Waals surface area contributed by atoms with Crippen LogP contribution in [-0.2, 0) is 16.8 Å². The van der Waals surface area contributed by atoms with Crippen molar-refractivity contribution in [1.82, 2.24) is 10.1 Å². The Kier molecular flexibility index (Phi) is 3.49. The van der Waals surface area contributed by atoms with Gasteiger partial charge in [-0.1, -0.05) is 12.1 Å². The number of hydrogen-bond acceptors (Lipinski definition) is 5. The minimum Gasteiger partial charge on any atom is -0.392 e. The fourth-order valence-electron chi connectivity index (χ4n) is 1.77. The minimum atomic E-state index is -0.508. The average molecular weight is 240 g/mol. The van der Waals surface area contributed by atoms with E-state index in [0.29, 0.717) is 24.1 Å². The van der Waals surface area contributed by atoms with Gasteiger partial charge in [-0.2, -0.15) is 4.98 Å². The standard InChI is InChI=1S/C12H20N2O3/c1-4-12(2,16-3)11-13-10(17-14-11)7-9(15)8-5-6-8/h8-9,15H,4-7H2,1-3H3. The summed E-state index contributed by atoms with van der Waals surface area (Å²) in [7, 11) is 1.64. The zero-order chi connectivity index (χ0) is 12.5. The zero-order valence-electron chi connectivity index (χ0n) is 10.6. The highest BCUT2D eigenvalue weighted by molar-refractivity contribution is 5.00. The lowest BCUT2D eigenvalue weighted by atomic mass is 10.0. The lowest BCUT2D eigenvalue weighted by Crippen LogP contribution is -2.25. The smallest absolute Gasteiger partial charge is 0.229 e. The van der Waals surface area contributed by atoms with E-state index in [9.17, 15) is 5.11 Å². The van der Waals surface area contributed by atoms with Gasteiger partial charge in [0.05, 0.1) is 12.5 Å². The first-order valence-electron chi connectivity index (χ1n) is 6.15. The molecule has 0 saturated heterocycles. The van der Waals surface area contributed by atoms with Crippen molar-refractivity contribution in [2.45, 2.75) is 51.2 Å². The molecule has 0 spiro atoms. The molecule has 17 heavy (non-hydrogen) atoms. The van der Waals surface area contributed by atoms with Gasteiger partial charge in [0, 0.05) is 7.11 Å². The van der Waals surface area contributed by atoms with Crippen molar-refractivity contribution in [3.05, 3.63) is 11.7 Å². The topological polar surface area (TPSA) is 68.4 Å². The normalized spacial score (nSPS) is 21.2. The van der Waals surface area contributed by atoms with Crippen LogP contribution in [0.3, 0.4) is 0 Å². The molecule has 96 valence electrons. The van der Waals surface area contributed by atoms with E-state index in [1.807, 2.05) is 13.8 Å². The Labute approximate surface area is 101 Å². The van der Waals surface area contributed by atoms with Crippen molar-refractivity contribution in [1.29, 1.82) is 0 Å². The maximum absolute atomic E-state index is 9.81. The van der Waals surface area contributed by atoms with Crippen LogP contribution in [0.4, 0.5) is 0 Å². The van der Waals surface area contributed by atoms with Gasteiger partial charge >= 0.3 is 0 Å². The quantitative estimate of drug-likeness (QED) is 0.819. The summed E-state index contributed by atoms with van der Waals surface area (Å²) >= 11 is 0. The van der Waals surface area contributed by atoms with Gasteiger partial charge in [-0.3, -0.25) is 0 Å². The molecule has 2 rings (SSSR count). The third kappa shape index (κ3) is 2.66. The van der Waals surface area contributed by atoms with Crippen LogP contribution < -0.4 is 0 Å². The molecular formula is C12H20N2O3. The predicted octanol–water partition coefficient (Wildman–Crippen LogP) is 1.65. The molecule has 1 aromatic rings. The van der Waals surface area contributed by atoms with Gasteiger partial charge in [-0.05, 0) is 32.1 Å². The molecule has 1 aliphatic carbocycles. The van der Waals surface area contributed by atoms with E-state index < -0.39 is 5.60 Å². The number of hydrogen-bond donors (Lipinski definition) is 1. The molecule has 1 aliphatic rings. The van der Waals surface area contributed by atoms with Crippen LogP contribution in [0.2, 0.25) is 0 Å². The van der Waals surface area contributed by atoms with Crippen LogP contribution in [0.5, 0.6) is 0 Å². The Balaban J connectivity index is 2.04. The highest BCUT2D eigenvalue weighted by Gasteiger charge is 2.33. The summed E-state index contributed by atoms with van der Waals surface area (Å²) in [5.74, 6) is 1.47. The number of aliphatic hydroxyl groups excluding tert-OH is 1. The number of aromatic nitrogens is 2. The number of rotatable bonds is 6. The first-order chi connectivity index (χ1) is 8.09. The van der Waals surface area contributed by atoms with Crippen molar-refractivity contribution in [2.75, 3.05) is 7.11 Å². The average Bonchev–Trinajstić information content (AvgIpc) is 3.09. The predicted molar refractivity (Wildman–Crippen MR) is 61.4 cm³/mol. The molecule has 1 aromatic heterocycles. The Morgan fingerprint density at radius 2 is 2.29 bits per heavy atom. The summed E-state index contributed by atoms with van der Waals surface area (Å²) in [5.41, 5.74) is -0.508. The van der Waals surface area contributed by atoms with E-state index in [0.717, 1.165) is 19.3 Å². The lowest BCUT2D eigenvalue weighted by Gasteiger charge is -2.21. The lowest BCUT2D eigenvalue weighted by molar-refractivity contribution is -0.0106. The summed E-state index contributed by atoms with van der Waals surface area (Å²) in [6.45, 7) is 3.94. The van der Waals surface area contributed by atoms with Crippen LogP contribution in [0, 0.1) is 5.92 Å². The minimum absolute atomic E-state index is 0.348. The van der Waals surface area contributed by atoms with Crippen molar-refractivity contribution in [3.8, 4) is 0 Å². The molecular weight excluding hydrogens is 220 g/mol. The first kappa shape index (κ1) is 12.5.